The number of benzene rings is 2. The Morgan fingerprint density at radius 1 is 1.07 bits per heavy atom. The molecule has 0 radical (unpaired) electrons. The van der Waals surface area contributed by atoms with Crippen molar-refractivity contribution in [1.29, 1.82) is 0 Å². The Bertz CT molecular complexity index is 792. The minimum absolute atomic E-state index is 0.302. The zero-order valence-corrected chi connectivity index (χ0v) is 16.7. The lowest BCUT2D eigenvalue weighted by Crippen LogP contribution is -2.41. The van der Waals surface area contributed by atoms with Crippen molar-refractivity contribution in [2.24, 2.45) is 0 Å². The molecule has 0 saturated carbocycles. The van der Waals surface area contributed by atoms with E-state index < -0.39 is 0 Å². The van der Waals surface area contributed by atoms with Crippen molar-refractivity contribution < 1.29 is 19.0 Å². The lowest BCUT2D eigenvalue weighted by molar-refractivity contribution is 0.0600. The van der Waals surface area contributed by atoms with Crippen molar-refractivity contribution in [2.75, 3.05) is 39.7 Å². The molecule has 6 nitrogen and oxygen atoms in total. The van der Waals surface area contributed by atoms with Gasteiger partial charge in [-0.15, -0.1) is 0 Å². The number of carbonyl (C=O) groups excluding carboxylic acids is 1. The first kappa shape index (κ1) is 20.0. The second-order valence-corrected chi connectivity index (χ2v) is 6.98. The molecule has 1 saturated heterocycles. The Labute approximate surface area is 166 Å². The van der Waals surface area contributed by atoms with Crippen LogP contribution in [0.4, 0.5) is 5.69 Å². The molecule has 0 amide bonds. The average Bonchev–Trinajstić information content (AvgIpc) is 2.74. The molecular formula is C22H28N2O4. The summed E-state index contributed by atoms with van der Waals surface area (Å²) in [5.41, 5.74) is 2.81. The second kappa shape index (κ2) is 9.46. The third-order valence-corrected chi connectivity index (χ3v) is 5.04. The maximum atomic E-state index is 11.6. The molecule has 0 aliphatic carbocycles. The molecule has 0 unspecified atom stereocenters. The van der Waals surface area contributed by atoms with Gasteiger partial charge in [0, 0.05) is 30.9 Å². The van der Waals surface area contributed by atoms with Gasteiger partial charge in [-0.2, -0.15) is 0 Å². The van der Waals surface area contributed by atoms with Crippen LogP contribution in [0.15, 0.2) is 42.5 Å². The fourth-order valence-corrected chi connectivity index (χ4v) is 3.60. The van der Waals surface area contributed by atoms with Crippen LogP contribution in [-0.4, -0.2) is 51.3 Å². The summed E-state index contributed by atoms with van der Waals surface area (Å²) in [4.78, 5) is 14.0. The average molecular weight is 384 g/mol. The Balaban J connectivity index is 1.59. The molecule has 1 heterocycles. The highest BCUT2D eigenvalue weighted by Crippen LogP contribution is 2.30. The molecule has 1 atom stereocenters. The van der Waals surface area contributed by atoms with E-state index in [0.717, 1.165) is 49.7 Å². The molecule has 0 spiro atoms. The molecule has 2 aromatic rings. The molecule has 28 heavy (non-hydrogen) atoms. The van der Waals surface area contributed by atoms with Crippen molar-refractivity contribution in [2.45, 2.75) is 25.4 Å². The van der Waals surface area contributed by atoms with Crippen LogP contribution in [0.1, 0.15) is 28.8 Å². The number of methoxy groups -OCH3 is 3. The van der Waals surface area contributed by atoms with Crippen LogP contribution in [-0.2, 0) is 11.3 Å². The van der Waals surface area contributed by atoms with Gasteiger partial charge in [0.2, 0.25) is 0 Å². The smallest absolute Gasteiger partial charge is 0.337 e. The summed E-state index contributed by atoms with van der Waals surface area (Å²) in [7, 11) is 4.69. The molecule has 1 N–H and O–H groups in total. The van der Waals surface area contributed by atoms with Crippen LogP contribution >= 0.6 is 0 Å². The number of carbonyl (C=O) groups is 1. The molecule has 2 aromatic carbocycles. The van der Waals surface area contributed by atoms with Crippen LogP contribution < -0.4 is 14.8 Å². The summed E-state index contributed by atoms with van der Waals surface area (Å²) in [6.45, 7) is 2.90. The summed E-state index contributed by atoms with van der Waals surface area (Å²) in [6, 6.07) is 13.9. The van der Waals surface area contributed by atoms with Crippen LogP contribution in [0, 0.1) is 0 Å². The van der Waals surface area contributed by atoms with E-state index >= 15 is 0 Å². The predicted octanol–water partition coefficient (Wildman–Crippen LogP) is 3.57. The van der Waals surface area contributed by atoms with Crippen LogP contribution in [0.25, 0.3) is 0 Å². The van der Waals surface area contributed by atoms with Gasteiger partial charge in [-0.25, -0.2) is 4.79 Å². The Morgan fingerprint density at radius 3 is 2.50 bits per heavy atom. The number of rotatable bonds is 7. The Morgan fingerprint density at radius 2 is 1.82 bits per heavy atom. The summed E-state index contributed by atoms with van der Waals surface area (Å²) < 4.78 is 15.5. The highest BCUT2D eigenvalue weighted by molar-refractivity contribution is 5.89. The van der Waals surface area contributed by atoms with Crippen LogP contribution in [0.2, 0.25) is 0 Å². The number of likely N-dealkylation sites (tertiary alicyclic amines) is 1. The summed E-state index contributed by atoms with van der Waals surface area (Å²) in [6.07, 6.45) is 2.28. The molecule has 1 aliphatic rings. The fraction of sp³-hybridized carbons (Fsp3) is 0.409. The number of piperidine rings is 1. The van der Waals surface area contributed by atoms with Crippen LogP contribution in [0.5, 0.6) is 11.5 Å². The molecule has 1 fully saturated rings. The lowest BCUT2D eigenvalue weighted by Gasteiger charge is -2.33. The van der Waals surface area contributed by atoms with E-state index in [1.165, 1.54) is 12.7 Å². The van der Waals surface area contributed by atoms with Gasteiger partial charge in [0.25, 0.3) is 0 Å². The molecule has 3 rings (SSSR count). The zero-order valence-electron chi connectivity index (χ0n) is 16.7. The van der Waals surface area contributed by atoms with Crippen molar-refractivity contribution in [3.8, 4) is 11.5 Å². The van der Waals surface area contributed by atoms with Gasteiger partial charge in [-0.05, 0) is 49.2 Å². The first-order valence-electron chi connectivity index (χ1n) is 9.51. The van der Waals surface area contributed by atoms with E-state index in [1.54, 1.807) is 14.2 Å². The van der Waals surface area contributed by atoms with Crippen molar-refractivity contribution in [3.05, 3.63) is 53.6 Å². The predicted molar refractivity (Wildman–Crippen MR) is 109 cm³/mol. The largest absolute Gasteiger partial charge is 0.493 e. The molecule has 150 valence electrons. The topological polar surface area (TPSA) is 60.0 Å². The Kier molecular flexibility index (Phi) is 6.76. The van der Waals surface area contributed by atoms with E-state index in [1.807, 2.05) is 42.5 Å². The minimum Gasteiger partial charge on any atom is -0.493 e. The minimum atomic E-state index is -0.302. The Hall–Kier alpha value is -2.73. The highest BCUT2D eigenvalue weighted by atomic mass is 16.5. The highest BCUT2D eigenvalue weighted by Gasteiger charge is 2.20. The van der Waals surface area contributed by atoms with E-state index in [2.05, 4.69) is 10.2 Å². The van der Waals surface area contributed by atoms with Gasteiger partial charge in [-0.1, -0.05) is 12.1 Å². The fourth-order valence-electron chi connectivity index (χ4n) is 3.60. The van der Waals surface area contributed by atoms with Gasteiger partial charge in [0.1, 0.15) is 0 Å². The summed E-state index contributed by atoms with van der Waals surface area (Å²) in [5.74, 6) is 1.16. The molecular weight excluding hydrogens is 356 g/mol. The molecule has 0 bridgehead atoms. The molecule has 0 aromatic heterocycles. The van der Waals surface area contributed by atoms with Gasteiger partial charge >= 0.3 is 5.97 Å². The number of nitrogens with zero attached hydrogens (tertiary/aromatic N) is 1. The third kappa shape index (κ3) is 4.95. The zero-order chi connectivity index (χ0) is 19.9. The number of esters is 1. The monoisotopic (exact) mass is 384 g/mol. The maximum Gasteiger partial charge on any atom is 0.337 e. The number of nitrogens with one attached hydrogen (secondary N) is 1. The number of ether oxygens (including phenoxy) is 3. The van der Waals surface area contributed by atoms with E-state index in [0.29, 0.717) is 11.6 Å². The standard InChI is InChI=1S/C22H28N2O4/c1-26-20-11-10-18(13-21(20)27-2)23-19-5-4-12-24(15-19)14-16-6-8-17(9-7-16)22(25)28-3/h6-11,13,19,23H,4-5,12,14-15H2,1-3H3/t19-/m0/s1. The molecule has 6 heteroatoms. The lowest BCUT2D eigenvalue weighted by atomic mass is 10.0. The van der Waals surface area contributed by atoms with Gasteiger partial charge in [0.15, 0.2) is 11.5 Å². The van der Waals surface area contributed by atoms with E-state index in [-0.39, 0.29) is 5.97 Å². The first-order chi connectivity index (χ1) is 13.6. The van der Waals surface area contributed by atoms with Crippen molar-refractivity contribution >= 4 is 11.7 Å². The van der Waals surface area contributed by atoms with Gasteiger partial charge in [-0.3, -0.25) is 4.90 Å². The van der Waals surface area contributed by atoms with E-state index in [4.69, 9.17) is 14.2 Å². The SMILES string of the molecule is COC(=O)c1ccc(CN2CCC[C@H](Nc3ccc(OC)c(OC)c3)C2)cc1. The van der Waals surface area contributed by atoms with Crippen LogP contribution in [0.3, 0.4) is 0 Å². The second-order valence-electron chi connectivity index (χ2n) is 6.98. The van der Waals surface area contributed by atoms with E-state index in [9.17, 15) is 4.79 Å². The first-order valence-corrected chi connectivity index (χ1v) is 9.51. The van der Waals surface area contributed by atoms with Crippen molar-refractivity contribution in [3.63, 3.8) is 0 Å². The number of hydrogen-bond acceptors (Lipinski definition) is 6. The summed E-state index contributed by atoms with van der Waals surface area (Å²) in [5, 5.41) is 3.62. The van der Waals surface area contributed by atoms with Crippen molar-refractivity contribution in [1.82, 2.24) is 4.90 Å². The van der Waals surface area contributed by atoms with Gasteiger partial charge < -0.3 is 19.5 Å². The molecule has 1 aliphatic heterocycles. The number of anilines is 1. The third-order valence-electron chi connectivity index (χ3n) is 5.04. The van der Waals surface area contributed by atoms with Gasteiger partial charge in [0.05, 0.1) is 26.9 Å². The summed E-state index contributed by atoms with van der Waals surface area (Å²) >= 11 is 0. The number of hydrogen-bond donors (Lipinski definition) is 1. The maximum absolute atomic E-state index is 11.6. The normalized spacial score (nSPS) is 17.0. The quantitative estimate of drug-likeness (QED) is 0.737.